The number of ketones is 1. The van der Waals surface area contributed by atoms with Gasteiger partial charge in [-0.15, -0.1) is 0 Å². The van der Waals surface area contributed by atoms with Crippen molar-refractivity contribution in [2.24, 2.45) is 0 Å². The van der Waals surface area contributed by atoms with Gasteiger partial charge in [-0.1, -0.05) is 83.9 Å². The van der Waals surface area contributed by atoms with Crippen LogP contribution in [0.5, 0.6) is 0 Å². The van der Waals surface area contributed by atoms with Gasteiger partial charge in [0, 0.05) is 46.0 Å². The zero-order valence-electron chi connectivity index (χ0n) is 22.4. The number of rotatable bonds is 6. The standard InChI is InChI=1S/C35H24Cl2N4O/c36-29-5-1-3-21-15-25-17-23(7-9-27(25)31(21)29)33(40-13-11-38-19-40)35(42)34(41-14-12-39-20-41)24-8-10-28-26(18-24)16-22-4-2-6-30(37)32(22)28/h1-14,17-20,33-34H,15-16H2. The predicted octanol–water partition coefficient (Wildman–Crippen LogP) is 7.98. The van der Waals surface area contributed by atoms with Crippen LogP contribution in [-0.4, -0.2) is 24.9 Å². The van der Waals surface area contributed by atoms with E-state index in [1.165, 1.54) is 22.3 Å². The molecule has 0 aliphatic heterocycles. The van der Waals surface area contributed by atoms with Gasteiger partial charge in [-0.25, -0.2) is 9.97 Å². The quantitative estimate of drug-likeness (QED) is 0.198. The minimum atomic E-state index is -0.593. The molecule has 2 aliphatic rings. The Bertz CT molecular complexity index is 1850. The van der Waals surface area contributed by atoms with E-state index in [1.54, 1.807) is 25.0 Å². The molecule has 0 bridgehead atoms. The summed E-state index contributed by atoms with van der Waals surface area (Å²) in [4.78, 5) is 23.5. The molecule has 0 fully saturated rings. The zero-order chi connectivity index (χ0) is 28.4. The third-order valence-electron chi connectivity index (χ3n) is 8.58. The fourth-order valence-corrected chi connectivity index (χ4v) is 7.35. The van der Waals surface area contributed by atoms with Crippen LogP contribution in [-0.2, 0) is 17.6 Å². The highest BCUT2D eigenvalue weighted by atomic mass is 35.5. The van der Waals surface area contributed by atoms with E-state index in [1.807, 2.05) is 57.9 Å². The van der Waals surface area contributed by atoms with Gasteiger partial charge in [0.05, 0.1) is 12.7 Å². The SMILES string of the molecule is O=C(C(c1ccc2c(c1)Cc1cccc(Cl)c1-2)n1ccnc1)C(c1ccc2c(c1)Cc1cccc(Cl)c1-2)n1ccnc1. The number of benzene rings is 4. The summed E-state index contributed by atoms with van der Waals surface area (Å²) in [5.41, 5.74) is 11.0. The highest BCUT2D eigenvalue weighted by Crippen LogP contribution is 2.44. The third kappa shape index (κ3) is 3.96. The predicted molar refractivity (Wildman–Crippen MR) is 165 cm³/mol. The molecule has 4 aromatic carbocycles. The van der Waals surface area contributed by atoms with Crippen molar-refractivity contribution < 1.29 is 4.79 Å². The number of nitrogens with zero attached hydrogens (tertiary/aromatic N) is 4. The number of imidazole rings is 2. The van der Waals surface area contributed by atoms with Crippen LogP contribution in [0.25, 0.3) is 22.3 Å². The Hall–Kier alpha value is -4.45. The number of carbonyl (C=O) groups excluding carboxylic acids is 1. The molecule has 5 nitrogen and oxygen atoms in total. The Morgan fingerprint density at radius 2 is 1.12 bits per heavy atom. The molecule has 0 saturated carbocycles. The average Bonchev–Trinajstić information content (AvgIpc) is 3.79. The first-order valence-corrected chi connectivity index (χ1v) is 14.6. The van der Waals surface area contributed by atoms with Gasteiger partial charge in [-0.05, 0) is 69.5 Å². The van der Waals surface area contributed by atoms with Crippen LogP contribution in [0, 0.1) is 0 Å². The van der Waals surface area contributed by atoms with Crippen LogP contribution in [0.2, 0.25) is 10.0 Å². The van der Waals surface area contributed by atoms with E-state index < -0.39 is 12.1 Å². The Morgan fingerprint density at radius 3 is 1.55 bits per heavy atom. The van der Waals surface area contributed by atoms with Gasteiger partial charge < -0.3 is 9.13 Å². The minimum absolute atomic E-state index is 0.0213. The first-order valence-electron chi connectivity index (χ1n) is 13.9. The van der Waals surface area contributed by atoms with Crippen molar-refractivity contribution in [2.45, 2.75) is 24.9 Å². The Labute approximate surface area is 253 Å². The fourth-order valence-electron chi connectivity index (χ4n) is 6.75. The van der Waals surface area contributed by atoms with E-state index in [0.717, 1.165) is 56.3 Å². The lowest BCUT2D eigenvalue weighted by Gasteiger charge is -2.26. The molecule has 204 valence electrons. The van der Waals surface area contributed by atoms with E-state index in [0.29, 0.717) is 0 Å². The molecule has 8 rings (SSSR count). The molecule has 2 aliphatic carbocycles. The van der Waals surface area contributed by atoms with Crippen LogP contribution in [0.1, 0.15) is 45.5 Å². The molecule has 2 atom stereocenters. The third-order valence-corrected chi connectivity index (χ3v) is 9.21. The Balaban J connectivity index is 1.23. The zero-order valence-corrected chi connectivity index (χ0v) is 23.9. The molecule has 2 heterocycles. The van der Waals surface area contributed by atoms with Gasteiger partial charge in [0.2, 0.25) is 0 Å². The normalized spacial score (nSPS) is 14.1. The molecule has 7 heteroatoms. The molecule has 0 radical (unpaired) electrons. The first-order chi connectivity index (χ1) is 20.6. The largest absolute Gasteiger partial charge is 0.323 e. The molecule has 0 spiro atoms. The number of aromatic nitrogens is 4. The fraction of sp³-hybridized carbons (Fsp3) is 0.114. The highest BCUT2D eigenvalue weighted by Gasteiger charge is 2.34. The number of halogens is 2. The lowest BCUT2D eigenvalue weighted by atomic mass is 9.90. The van der Waals surface area contributed by atoms with Crippen molar-refractivity contribution in [3.8, 4) is 22.3 Å². The van der Waals surface area contributed by atoms with Crippen molar-refractivity contribution in [3.63, 3.8) is 0 Å². The smallest absolute Gasteiger partial charge is 0.187 e. The summed E-state index contributed by atoms with van der Waals surface area (Å²) in [6.45, 7) is 0. The molecule has 0 amide bonds. The summed E-state index contributed by atoms with van der Waals surface area (Å²) in [6, 6.07) is 23.5. The number of hydrogen-bond donors (Lipinski definition) is 0. The number of hydrogen-bond acceptors (Lipinski definition) is 3. The number of Topliss-reactive ketones (excluding diaryl/α,β-unsaturated/α-hetero) is 1. The molecule has 42 heavy (non-hydrogen) atoms. The minimum Gasteiger partial charge on any atom is -0.323 e. The van der Waals surface area contributed by atoms with Crippen LogP contribution in [0.3, 0.4) is 0 Å². The highest BCUT2D eigenvalue weighted by molar-refractivity contribution is 6.34. The first kappa shape index (κ1) is 25.3. The summed E-state index contributed by atoms with van der Waals surface area (Å²) in [6.07, 6.45) is 12.1. The van der Waals surface area contributed by atoms with Crippen LogP contribution < -0.4 is 0 Å². The molecular weight excluding hydrogens is 563 g/mol. The second-order valence-electron chi connectivity index (χ2n) is 11.0. The summed E-state index contributed by atoms with van der Waals surface area (Å²) in [7, 11) is 0. The van der Waals surface area contributed by atoms with E-state index in [4.69, 9.17) is 23.2 Å². The molecule has 2 unspecified atom stereocenters. The van der Waals surface area contributed by atoms with Gasteiger partial charge in [0.25, 0.3) is 0 Å². The van der Waals surface area contributed by atoms with E-state index in [9.17, 15) is 4.79 Å². The van der Waals surface area contributed by atoms with Gasteiger partial charge in [-0.2, -0.15) is 0 Å². The van der Waals surface area contributed by atoms with Crippen LogP contribution in [0.4, 0.5) is 0 Å². The molecule has 2 aromatic heterocycles. The summed E-state index contributed by atoms with van der Waals surface area (Å²) >= 11 is 13.2. The lowest BCUT2D eigenvalue weighted by Crippen LogP contribution is -2.29. The van der Waals surface area contributed by atoms with Gasteiger partial charge in [0.1, 0.15) is 12.1 Å². The topological polar surface area (TPSA) is 52.7 Å². The lowest BCUT2D eigenvalue weighted by molar-refractivity contribution is -0.123. The number of fused-ring (bicyclic) bond motifs is 6. The second kappa shape index (κ2) is 9.83. The molecular formula is C35H24Cl2N4O. The second-order valence-corrected chi connectivity index (χ2v) is 11.8. The van der Waals surface area contributed by atoms with Crippen molar-refractivity contribution >= 4 is 29.0 Å². The molecule has 0 N–H and O–H groups in total. The Kier molecular flexibility index (Phi) is 5.92. The average molecular weight is 588 g/mol. The van der Waals surface area contributed by atoms with Crippen molar-refractivity contribution in [3.05, 3.63) is 154 Å². The summed E-state index contributed by atoms with van der Waals surface area (Å²) < 4.78 is 3.79. The van der Waals surface area contributed by atoms with Crippen molar-refractivity contribution in [1.82, 2.24) is 19.1 Å². The monoisotopic (exact) mass is 586 g/mol. The van der Waals surface area contributed by atoms with Crippen LogP contribution in [0.15, 0.2) is 110 Å². The van der Waals surface area contributed by atoms with E-state index in [-0.39, 0.29) is 5.78 Å². The summed E-state index contributed by atoms with van der Waals surface area (Å²) in [5.74, 6) is 0.0213. The van der Waals surface area contributed by atoms with E-state index >= 15 is 0 Å². The van der Waals surface area contributed by atoms with Gasteiger partial charge in [0.15, 0.2) is 5.78 Å². The molecule has 0 saturated heterocycles. The molecule has 6 aromatic rings. The van der Waals surface area contributed by atoms with Crippen LogP contribution >= 0.6 is 23.2 Å². The van der Waals surface area contributed by atoms with Gasteiger partial charge in [-0.3, -0.25) is 4.79 Å². The maximum absolute atomic E-state index is 14.8. The van der Waals surface area contributed by atoms with Crippen molar-refractivity contribution in [1.29, 1.82) is 0 Å². The van der Waals surface area contributed by atoms with E-state index in [2.05, 4.69) is 46.4 Å². The van der Waals surface area contributed by atoms with Gasteiger partial charge >= 0.3 is 0 Å². The number of carbonyl (C=O) groups is 1. The Morgan fingerprint density at radius 1 is 0.643 bits per heavy atom. The van der Waals surface area contributed by atoms with Crippen molar-refractivity contribution in [2.75, 3.05) is 0 Å². The maximum Gasteiger partial charge on any atom is 0.187 e. The summed E-state index contributed by atoms with van der Waals surface area (Å²) in [5, 5.41) is 1.50. The maximum atomic E-state index is 14.8.